The number of hydrogen-bond acceptors (Lipinski definition) is 3. The average Bonchev–Trinajstić information content (AvgIpc) is 2.99. The molecule has 4 rings (SSSR count). The number of nitrogens with zero attached hydrogens (tertiary/aromatic N) is 2. The molecule has 2 aliphatic heterocycles. The van der Waals surface area contributed by atoms with Gasteiger partial charge in [0.05, 0.1) is 11.6 Å². The van der Waals surface area contributed by atoms with E-state index in [2.05, 4.69) is 15.6 Å². The van der Waals surface area contributed by atoms with E-state index in [0.29, 0.717) is 25.3 Å². The molecule has 5 nitrogen and oxygen atoms in total. The molecule has 0 saturated carbocycles. The second kappa shape index (κ2) is 13.2. The van der Waals surface area contributed by atoms with Gasteiger partial charge in [-0.15, -0.1) is 0 Å². The third-order valence-electron chi connectivity index (χ3n) is 8.27. The number of carbonyl (C=O) groups excluding carboxylic acids is 1. The van der Waals surface area contributed by atoms with Gasteiger partial charge < -0.3 is 5.32 Å². The molecule has 5 atom stereocenters. The third-order valence-corrected chi connectivity index (χ3v) is 8.27. The van der Waals surface area contributed by atoms with Gasteiger partial charge in [0.2, 0.25) is 5.96 Å². The van der Waals surface area contributed by atoms with Gasteiger partial charge in [-0.2, -0.15) is 26.3 Å². The highest BCUT2D eigenvalue weighted by molar-refractivity contribution is 6.10. The zero-order chi connectivity index (χ0) is 31.5. The van der Waals surface area contributed by atoms with E-state index in [-0.39, 0.29) is 23.8 Å². The van der Waals surface area contributed by atoms with Gasteiger partial charge >= 0.3 is 12.4 Å². The molecule has 2 aliphatic rings. The largest absolute Gasteiger partial charge is 0.416 e. The molecule has 0 radical (unpaired) electrons. The van der Waals surface area contributed by atoms with Crippen molar-refractivity contribution in [2.75, 3.05) is 11.9 Å². The summed E-state index contributed by atoms with van der Waals surface area (Å²) in [4.78, 5) is 19.1. The van der Waals surface area contributed by atoms with Crippen molar-refractivity contribution in [1.82, 2.24) is 10.2 Å². The van der Waals surface area contributed by atoms with Crippen molar-refractivity contribution in [3.05, 3.63) is 65.2 Å². The first kappa shape index (κ1) is 32.7. The van der Waals surface area contributed by atoms with Crippen molar-refractivity contribution in [2.24, 2.45) is 16.8 Å². The van der Waals surface area contributed by atoms with Crippen molar-refractivity contribution in [2.45, 2.75) is 82.9 Å². The van der Waals surface area contributed by atoms with Gasteiger partial charge in [-0.3, -0.25) is 15.0 Å². The van der Waals surface area contributed by atoms with Gasteiger partial charge in [-0.05, 0) is 68.1 Å². The zero-order valence-corrected chi connectivity index (χ0v) is 23.7. The van der Waals surface area contributed by atoms with Crippen LogP contribution in [0.3, 0.4) is 0 Å². The number of hydrogen-bond donors (Lipinski definition) is 2. The Bertz CT molecular complexity index is 1310. The summed E-state index contributed by atoms with van der Waals surface area (Å²) in [6, 6.07) is 3.21. The van der Waals surface area contributed by atoms with Crippen LogP contribution in [0.1, 0.15) is 68.3 Å². The number of halogens is 8. The van der Waals surface area contributed by atoms with Crippen molar-refractivity contribution < 1.29 is 39.9 Å². The van der Waals surface area contributed by atoms with Crippen molar-refractivity contribution in [1.29, 1.82) is 0 Å². The SMILES string of the molecule is CC1CC2CCCCCCN2C(C(F)(F)F)C(C)C1N=C(NC(=O)c1ccc(F)c(F)c1)Nc1cccc(C(F)(F)F)c1. The summed E-state index contributed by atoms with van der Waals surface area (Å²) in [7, 11) is 0. The quantitative estimate of drug-likeness (QED) is 0.210. The van der Waals surface area contributed by atoms with E-state index in [9.17, 15) is 39.9 Å². The standard InChI is InChI=1S/C30H34F8N4O/c1-17-14-22-10-5-3-4-6-13-42(22)26(30(36,37)38)18(2)25(17)40-28(39-21-9-7-8-20(16-21)29(33,34)35)41-27(43)19-11-12-23(31)24(32)15-19/h7-9,11-12,15-18,22,25-26H,3-6,10,13-14H2,1-2H3,(H2,39,40,41,43). The lowest BCUT2D eigenvalue weighted by atomic mass is 9.85. The molecule has 2 saturated heterocycles. The summed E-state index contributed by atoms with van der Waals surface area (Å²) in [5.41, 5.74) is -1.45. The van der Waals surface area contributed by atoms with Gasteiger partial charge in [-0.1, -0.05) is 39.2 Å². The molecule has 0 aromatic heterocycles. The molecule has 1 amide bonds. The molecule has 2 fully saturated rings. The molecular weight excluding hydrogens is 584 g/mol. The molecule has 5 unspecified atom stereocenters. The van der Waals surface area contributed by atoms with Crippen LogP contribution >= 0.6 is 0 Å². The number of nitrogens with one attached hydrogen (secondary N) is 2. The van der Waals surface area contributed by atoms with Gasteiger partial charge in [0.1, 0.15) is 6.04 Å². The highest BCUT2D eigenvalue weighted by Crippen LogP contribution is 2.42. The second-order valence-corrected chi connectivity index (χ2v) is 11.4. The number of alkyl halides is 6. The number of aliphatic imine (C=N–C) groups is 1. The molecule has 2 heterocycles. The fourth-order valence-corrected chi connectivity index (χ4v) is 6.27. The summed E-state index contributed by atoms with van der Waals surface area (Å²) in [5.74, 6) is -5.38. The first-order chi connectivity index (χ1) is 20.1. The highest BCUT2D eigenvalue weighted by Gasteiger charge is 2.53. The normalized spacial score (nSPS) is 26.1. The average molecular weight is 619 g/mol. The topological polar surface area (TPSA) is 56.7 Å². The summed E-state index contributed by atoms with van der Waals surface area (Å²) < 4.78 is 111. The Kier molecular flexibility index (Phi) is 10.0. The summed E-state index contributed by atoms with van der Waals surface area (Å²) in [6.07, 6.45) is -5.07. The second-order valence-electron chi connectivity index (χ2n) is 11.4. The van der Waals surface area contributed by atoms with Crippen LogP contribution in [0.4, 0.5) is 40.8 Å². The van der Waals surface area contributed by atoms with Crippen LogP contribution in [0.15, 0.2) is 47.5 Å². The van der Waals surface area contributed by atoms with E-state index in [1.54, 1.807) is 6.92 Å². The van der Waals surface area contributed by atoms with E-state index in [0.717, 1.165) is 49.6 Å². The molecule has 0 aliphatic carbocycles. The van der Waals surface area contributed by atoms with Crippen LogP contribution in [-0.2, 0) is 6.18 Å². The fourth-order valence-electron chi connectivity index (χ4n) is 6.27. The Hall–Kier alpha value is -3.22. The lowest BCUT2D eigenvalue weighted by Crippen LogP contribution is -2.54. The number of amides is 1. The predicted molar refractivity (Wildman–Crippen MR) is 146 cm³/mol. The van der Waals surface area contributed by atoms with Crippen LogP contribution in [0.25, 0.3) is 0 Å². The van der Waals surface area contributed by atoms with E-state index in [4.69, 9.17) is 0 Å². The van der Waals surface area contributed by atoms with Crippen LogP contribution in [-0.4, -0.2) is 47.6 Å². The minimum Gasteiger partial charge on any atom is -0.326 e. The van der Waals surface area contributed by atoms with E-state index >= 15 is 0 Å². The molecule has 2 aromatic rings. The molecule has 2 N–H and O–H groups in total. The molecular formula is C30H34F8N4O. The number of carbonyl (C=O) groups is 1. The van der Waals surface area contributed by atoms with Crippen molar-refractivity contribution >= 4 is 17.6 Å². The highest BCUT2D eigenvalue weighted by atomic mass is 19.4. The Labute approximate surface area is 244 Å². The number of benzene rings is 2. The van der Waals surface area contributed by atoms with E-state index in [1.807, 2.05) is 0 Å². The molecule has 2 aromatic carbocycles. The van der Waals surface area contributed by atoms with Gasteiger partial charge in [0.15, 0.2) is 11.6 Å². The number of fused-ring (bicyclic) bond motifs is 1. The minimum atomic E-state index is -4.68. The Morgan fingerprint density at radius 2 is 1.65 bits per heavy atom. The maximum Gasteiger partial charge on any atom is 0.416 e. The zero-order valence-electron chi connectivity index (χ0n) is 23.7. The lowest BCUT2D eigenvalue weighted by molar-refractivity contribution is -0.202. The van der Waals surface area contributed by atoms with Gasteiger partial charge in [0.25, 0.3) is 5.91 Å². The summed E-state index contributed by atoms with van der Waals surface area (Å²) in [6.45, 7) is 3.51. The van der Waals surface area contributed by atoms with Crippen LogP contribution < -0.4 is 10.6 Å². The molecule has 0 spiro atoms. The smallest absolute Gasteiger partial charge is 0.326 e. The van der Waals surface area contributed by atoms with Crippen LogP contribution in [0.2, 0.25) is 0 Å². The first-order valence-electron chi connectivity index (χ1n) is 14.3. The summed E-state index contributed by atoms with van der Waals surface area (Å²) >= 11 is 0. The Morgan fingerprint density at radius 3 is 2.33 bits per heavy atom. The predicted octanol–water partition coefficient (Wildman–Crippen LogP) is 7.79. The Morgan fingerprint density at radius 1 is 0.930 bits per heavy atom. The number of rotatable bonds is 3. The molecule has 13 heteroatoms. The van der Waals surface area contributed by atoms with Gasteiger partial charge in [0, 0.05) is 23.2 Å². The van der Waals surface area contributed by atoms with Crippen LogP contribution in [0.5, 0.6) is 0 Å². The monoisotopic (exact) mass is 618 g/mol. The maximum absolute atomic E-state index is 14.7. The molecule has 43 heavy (non-hydrogen) atoms. The van der Waals surface area contributed by atoms with E-state index < -0.39 is 65.3 Å². The Balaban J connectivity index is 1.75. The lowest BCUT2D eigenvalue weighted by Gasteiger charge is -2.41. The van der Waals surface area contributed by atoms with Crippen molar-refractivity contribution in [3.63, 3.8) is 0 Å². The van der Waals surface area contributed by atoms with Crippen LogP contribution in [0, 0.1) is 23.5 Å². The van der Waals surface area contributed by atoms with Crippen molar-refractivity contribution in [3.8, 4) is 0 Å². The number of anilines is 1. The van der Waals surface area contributed by atoms with E-state index in [1.165, 1.54) is 17.9 Å². The first-order valence-corrected chi connectivity index (χ1v) is 14.3. The molecule has 0 bridgehead atoms. The van der Waals surface area contributed by atoms with Gasteiger partial charge in [-0.25, -0.2) is 13.8 Å². The third kappa shape index (κ3) is 8.04. The minimum absolute atomic E-state index is 0.133. The maximum atomic E-state index is 14.7. The molecule has 236 valence electrons. The number of guanidine groups is 1. The summed E-state index contributed by atoms with van der Waals surface area (Å²) in [5, 5.41) is 4.99. The fraction of sp³-hybridized carbons (Fsp3) is 0.533.